The van der Waals surface area contributed by atoms with Crippen molar-refractivity contribution in [3.63, 3.8) is 0 Å². The topological polar surface area (TPSA) is 55.6 Å². The van der Waals surface area contributed by atoms with Crippen LogP contribution in [0.15, 0.2) is 6.20 Å². The standard InChI is InChI=1S/C13H19N3O2S/c1-5-18-12(17)10(4)14-6-11-9(3)15-13-16(11)7-8(2)19-13/h7,10,14H,5-6H2,1-4H3. The molecule has 1 N–H and O–H groups in total. The minimum absolute atomic E-state index is 0.220. The van der Waals surface area contributed by atoms with Crippen molar-refractivity contribution in [3.8, 4) is 0 Å². The molecular formula is C13H19N3O2S. The molecule has 0 saturated heterocycles. The molecule has 2 heterocycles. The first kappa shape index (κ1) is 14.0. The molecule has 0 aliphatic rings. The van der Waals surface area contributed by atoms with Gasteiger partial charge in [0.2, 0.25) is 0 Å². The molecule has 0 fully saturated rings. The number of carbonyl (C=O) groups is 1. The highest BCUT2D eigenvalue weighted by Gasteiger charge is 2.16. The average Bonchev–Trinajstić information content (AvgIpc) is 2.82. The zero-order valence-corrected chi connectivity index (χ0v) is 12.5. The first-order valence-electron chi connectivity index (χ1n) is 6.37. The van der Waals surface area contributed by atoms with Crippen LogP contribution in [-0.2, 0) is 16.1 Å². The van der Waals surface area contributed by atoms with Crippen LogP contribution in [0.25, 0.3) is 4.96 Å². The molecule has 2 aromatic heterocycles. The van der Waals surface area contributed by atoms with Crippen molar-refractivity contribution in [2.75, 3.05) is 6.61 Å². The number of hydrogen-bond acceptors (Lipinski definition) is 5. The second-order valence-electron chi connectivity index (χ2n) is 4.49. The maximum atomic E-state index is 11.6. The molecule has 0 radical (unpaired) electrons. The number of fused-ring (bicyclic) bond motifs is 1. The second kappa shape index (κ2) is 5.71. The van der Waals surface area contributed by atoms with E-state index in [-0.39, 0.29) is 12.0 Å². The van der Waals surface area contributed by atoms with Crippen molar-refractivity contribution in [1.29, 1.82) is 0 Å². The van der Waals surface area contributed by atoms with Crippen molar-refractivity contribution in [2.24, 2.45) is 0 Å². The van der Waals surface area contributed by atoms with Gasteiger partial charge in [0.25, 0.3) is 0 Å². The van der Waals surface area contributed by atoms with E-state index < -0.39 is 0 Å². The van der Waals surface area contributed by atoms with Crippen LogP contribution in [0.4, 0.5) is 0 Å². The van der Waals surface area contributed by atoms with Gasteiger partial charge >= 0.3 is 5.97 Å². The Morgan fingerprint density at radius 3 is 3.00 bits per heavy atom. The van der Waals surface area contributed by atoms with Crippen LogP contribution in [0.3, 0.4) is 0 Å². The molecule has 0 saturated carbocycles. The molecule has 0 aromatic carbocycles. The molecule has 0 amide bonds. The number of ether oxygens (including phenoxy) is 1. The fourth-order valence-electron chi connectivity index (χ4n) is 1.92. The van der Waals surface area contributed by atoms with Crippen LogP contribution >= 0.6 is 11.3 Å². The first-order chi connectivity index (χ1) is 9.02. The van der Waals surface area contributed by atoms with Crippen LogP contribution < -0.4 is 5.32 Å². The zero-order chi connectivity index (χ0) is 14.0. The largest absolute Gasteiger partial charge is 0.465 e. The summed E-state index contributed by atoms with van der Waals surface area (Å²) in [6.45, 7) is 8.68. The Bertz CT molecular complexity index is 588. The Morgan fingerprint density at radius 1 is 1.58 bits per heavy atom. The third kappa shape index (κ3) is 2.96. The number of aryl methyl sites for hydroxylation is 2. The third-order valence-electron chi connectivity index (χ3n) is 2.96. The summed E-state index contributed by atoms with van der Waals surface area (Å²) >= 11 is 1.67. The molecule has 5 nitrogen and oxygen atoms in total. The molecule has 2 aromatic rings. The number of aromatic nitrogens is 2. The van der Waals surface area contributed by atoms with E-state index in [1.165, 1.54) is 4.88 Å². The van der Waals surface area contributed by atoms with Crippen molar-refractivity contribution in [2.45, 2.75) is 40.3 Å². The van der Waals surface area contributed by atoms with Crippen molar-refractivity contribution in [3.05, 3.63) is 22.5 Å². The Hall–Kier alpha value is -1.40. The lowest BCUT2D eigenvalue weighted by atomic mass is 10.3. The Balaban J connectivity index is 2.08. The highest BCUT2D eigenvalue weighted by atomic mass is 32.1. The summed E-state index contributed by atoms with van der Waals surface area (Å²) in [4.78, 5) is 18.3. The molecule has 0 bridgehead atoms. The predicted octanol–water partition coefficient (Wildman–Crippen LogP) is 2.05. The monoisotopic (exact) mass is 281 g/mol. The summed E-state index contributed by atoms with van der Waals surface area (Å²) in [6, 6.07) is -0.315. The Morgan fingerprint density at radius 2 is 2.32 bits per heavy atom. The third-order valence-corrected chi connectivity index (χ3v) is 3.85. The van der Waals surface area contributed by atoms with Gasteiger partial charge in [0.05, 0.1) is 18.0 Å². The Labute approximate surface area is 116 Å². The van der Waals surface area contributed by atoms with E-state index in [4.69, 9.17) is 4.74 Å². The highest BCUT2D eigenvalue weighted by Crippen LogP contribution is 2.20. The molecule has 104 valence electrons. The fourth-order valence-corrected chi connectivity index (χ4v) is 2.81. The SMILES string of the molecule is CCOC(=O)C(C)NCc1c(C)nc2sc(C)cn12. The summed E-state index contributed by atoms with van der Waals surface area (Å²) in [5, 5.41) is 3.18. The normalized spacial score (nSPS) is 12.8. The summed E-state index contributed by atoms with van der Waals surface area (Å²) in [5.41, 5.74) is 2.09. The predicted molar refractivity (Wildman–Crippen MR) is 75.5 cm³/mol. The number of nitrogens with one attached hydrogen (secondary N) is 1. The maximum absolute atomic E-state index is 11.6. The minimum Gasteiger partial charge on any atom is -0.465 e. The maximum Gasteiger partial charge on any atom is 0.322 e. The highest BCUT2D eigenvalue weighted by molar-refractivity contribution is 7.17. The van der Waals surface area contributed by atoms with E-state index in [2.05, 4.69) is 27.8 Å². The van der Waals surface area contributed by atoms with E-state index in [0.29, 0.717) is 13.2 Å². The summed E-state index contributed by atoms with van der Waals surface area (Å²) < 4.78 is 7.06. The van der Waals surface area contributed by atoms with E-state index >= 15 is 0 Å². The lowest BCUT2D eigenvalue weighted by Gasteiger charge is -2.12. The van der Waals surface area contributed by atoms with E-state index in [1.807, 2.05) is 20.8 Å². The van der Waals surface area contributed by atoms with Gasteiger partial charge in [-0.1, -0.05) is 0 Å². The van der Waals surface area contributed by atoms with Gasteiger partial charge in [-0.25, -0.2) is 4.98 Å². The number of rotatable bonds is 5. The van der Waals surface area contributed by atoms with E-state index in [1.54, 1.807) is 11.3 Å². The van der Waals surface area contributed by atoms with Crippen LogP contribution in [0.2, 0.25) is 0 Å². The molecule has 19 heavy (non-hydrogen) atoms. The molecule has 0 aliphatic heterocycles. The number of esters is 1. The lowest BCUT2D eigenvalue weighted by molar-refractivity contribution is -0.145. The van der Waals surface area contributed by atoms with Crippen molar-refractivity contribution < 1.29 is 9.53 Å². The van der Waals surface area contributed by atoms with Crippen LogP contribution in [0.1, 0.15) is 30.1 Å². The molecule has 1 atom stereocenters. The smallest absolute Gasteiger partial charge is 0.322 e. The van der Waals surface area contributed by atoms with Gasteiger partial charge in [-0.15, -0.1) is 11.3 Å². The van der Waals surface area contributed by atoms with Gasteiger partial charge in [-0.05, 0) is 27.7 Å². The number of hydrogen-bond donors (Lipinski definition) is 1. The van der Waals surface area contributed by atoms with Gasteiger partial charge in [0, 0.05) is 17.6 Å². The summed E-state index contributed by atoms with van der Waals surface area (Å²) in [5.74, 6) is -0.220. The van der Waals surface area contributed by atoms with Crippen LogP contribution in [0, 0.1) is 13.8 Å². The molecule has 2 rings (SSSR count). The van der Waals surface area contributed by atoms with Gasteiger partial charge < -0.3 is 4.74 Å². The average molecular weight is 281 g/mol. The number of imidazole rings is 1. The second-order valence-corrected chi connectivity index (χ2v) is 5.71. The quantitative estimate of drug-likeness (QED) is 0.852. The van der Waals surface area contributed by atoms with Gasteiger partial charge in [-0.3, -0.25) is 14.5 Å². The number of carbonyl (C=O) groups excluding carboxylic acids is 1. The lowest BCUT2D eigenvalue weighted by Crippen LogP contribution is -2.35. The first-order valence-corrected chi connectivity index (χ1v) is 7.18. The van der Waals surface area contributed by atoms with Crippen molar-refractivity contribution in [1.82, 2.24) is 14.7 Å². The van der Waals surface area contributed by atoms with Crippen LogP contribution in [-0.4, -0.2) is 28.0 Å². The van der Waals surface area contributed by atoms with E-state index in [0.717, 1.165) is 16.3 Å². The Kier molecular flexibility index (Phi) is 4.21. The van der Waals surface area contributed by atoms with Crippen LogP contribution in [0.5, 0.6) is 0 Å². The molecule has 6 heteroatoms. The molecule has 0 aliphatic carbocycles. The fraction of sp³-hybridized carbons (Fsp3) is 0.538. The van der Waals surface area contributed by atoms with Crippen molar-refractivity contribution >= 4 is 22.3 Å². The minimum atomic E-state index is -0.315. The number of thiazole rings is 1. The van der Waals surface area contributed by atoms with Gasteiger partial charge in [0.1, 0.15) is 6.04 Å². The van der Waals surface area contributed by atoms with Gasteiger partial charge in [-0.2, -0.15) is 0 Å². The molecule has 1 unspecified atom stereocenters. The molecule has 0 spiro atoms. The number of nitrogens with zero attached hydrogens (tertiary/aromatic N) is 2. The van der Waals surface area contributed by atoms with E-state index in [9.17, 15) is 4.79 Å². The summed E-state index contributed by atoms with van der Waals surface area (Å²) in [7, 11) is 0. The summed E-state index contributed by atoms with van der Waals surface area (Å²) in [6.07, 6.45) is 2.08. The zero-order valence-electron chi connectivity index (χ0n) is 11.7. The van der Waals surface area contributed by atoms with Gasteiger partial charge in [0.15, 0.2) is 4.96 Å². The molecular weight excluding hydrogens is 262 g/mol.